The highest BCUT2D eigenvalue weighted by Gasteiger charge is 2.39. The van der Waals surface area contributed by atoms with E-state index in [1.807, 2.05) is 0 Å². The number of hydrogen-bond acceptors (Lipinski definition) is 7. The lowest BCUT2D eigenvalue weighted by Gasteiger charge is -2.25. The molecule has 1 amide bonds. The smallest absolute Gasteiger partial charge is 0.285 e. The van der Waals surface area contributed by atoms with Crippen molar-refractivity contribution < 1.29 is 17.9 Å². The first-order chi connectivity index (χ1) is 15.5. The van der Waals surface area contributed by atoms with E-state index < -0.39 is 16.1 Å². The number of amidine groups is 1. The van der Waals surface area contributed by atoms with Crippen LogP contribution in [0.15, 0.2) is 76.4 Å². The molecule has 1 fully saturated rings. The van der Waals surface area contributed by atoms with Crippen LogP contribution in [0.2, 0.25) is 0 Å². The van der Waals surface area contributed by atoms with Gasteiger partial charge in [-0.05, 0) is 37.1 Å². The zero-order valence-electron chi connectivity index (χ0n) is 16.9. The van der Waals surface area contributed by atoms with Gasteiger partial charge in [0.15, 0.2) is 5.84 Å². The van der Waals surface area contributed by atoms with Crippen molar-refractivity contribution in [1.82, 2.24) is 14.9 Å². The summed E-state index contributed by atoms with van der Waals surface area (Å²) in [6.45, 7) is 0.552. The van der Waals surface area contributed by atoms with Crippen LogP contribution in [-0.4, -0.2) is 47.6 Å². The molecule has 1 saturated heterocycles. The van der Waals surface area contributed by atoms with Gasteiger partial charge < -0.3 is 15.0 Å². The number of amides is 1. The van der Waals surface area contributed by atoms with Gasteiger partial charge in [-0.25, -0.2) is 4.98 Å². The van der Waals surface area contributed by atoms with E-state index in [0.29, 0.717) is 41.7 Å². The topological polar surface area (TPSA) is 114 Å². The number of carbonyl (C=O) groups excluding carboxylic acids is 1. The fourth-order valence-electron chi connectivity index (χ4n) is 3.91. The van der Waals surface area contributed by atoms with Gasteiger partial charge in [0.05, 0.1) is 6.20 Å². The zero-order chi connectivity index (χ0) is 22.1. The van der Waals surface area contributed by atoms with Gasteiger partial charge in [-0.3, -0.25) is 9.78 Å². The van der Waals surface area contributed by atoms with Crippen molar-refractivity contribution in [1.29, 1.82) is 0 Å². The second-order valence-corrected chi connectivity index (χ2v) is 8.97. The number of sulfonamides is 1. The number of rotatable bonds is 4. The maximum atomic E-state index is 13.1. The Kier molecular flexibility index (Phi) is 5.06. The van der Waals surface area contributed by atoms with E-state index in [0.717, 1.165) is 6.42 Å². The number of hydrogen-bond donors (Lipinski definition) is 1. The summed E-state index contributed by atoms with van der Waals surface area (Å²) in [5.74, 6) is 0.949. The Bertz CT molecular complexity index is 1310. The van der Waals surface area contributed by atoms with Crippen LogP contribution in [0.1, 0.15) is 18.4 Å². The zero-order valence-corrected chi connectivity index (χ0v) is 17.7. The molecule has 0 saturated carbocycles. The quantitative estimate of drug-likeness (QED) is 0.651. The molecule has 3 heterocycles. The van der Waals surface area contributed by atoms with Crippen LogP contribution < -0.4 is 10.1 Å². The van der Waals surface area contributed by atoms with Crippen molar-refractivity contribution in [2.24, 2.45) is 4.40 Å². The van der Waals surface area contributed by atoms with E-state index >= 15 is 0 Å². The van der Waals surface area contributed by atoms with Crippen molar-refractivity contribution in [2.75, 3.05) is 11.9 Å². The number of nitrogens with one attached hydrogen (secondary N) is 1. The third-order valence-electron chi connectivity index (χ3n) is 5.30. The summed E-state index contributed by atoms with van der Waals surface area (Å²) < 4.78 is 34.5. The molecule has 1 atom stereocenters. The standard InChI is InChI=1S/C22H19N5O4S/c28-22(25-15-5-3-6-16(13-15)31-20-14-23-10-11-24-20)18-8-4-12-27(18)21-17-7-1-2-9-19(17)32(29,30)26-21/h1-3,5-7,9-11,13-14,18H,4,8,12H2,(H,25,28)/t18-/m0/s1. The molecule has 0 aliphatic carbocycles. The van der Waals surface area contributed by atoms with E-state index in [4.69, 9.17) is 4.74 Å². The van der Waals surface area contributed by atoms with Gasteiger partial charge >= 0.3 is 0 Å². The molecule has 0 bridgehead atoms. The third-order valence-corrected chi connectivity index (χ3v) is 6.63. The molecule has 162 valence electrons. The first kappa shape index (κ1) is 20.1. The van der Waals surface area contributed by atoms with Gasteiger partial charge in [0.2, 0.25) is 11.8 Å². The Morgan fingerprint density at radius 2 is 2.00 bits per heavy atom. The number of fused-ring (bicyclic) bond motifs is 1. The first-order valence-electron chi connectivity index (χ1n) is 10.1. The highest BCUT2D eigenvalue weighted by molar-refractivity contribution is 7.90. The summed E-state index contributed by atoms with van der Waals surface area (Å²) in [5, 5.41) is 2.91. The van der Waals surface area contributed by atoms with Crippen molar-refractivity contribution in [3.05, 3.63) is 72.7 Å². The van der Waals surface area contributed by atoms with Crippen molar-refractivity contribution in [3.63, 3.8) is 0 Å². The largest absolute Gasteiger partial charge is 0.437 e. The molecule has 5 rings (SSSR count). The maximum absolute atomic E-state index is 13.1. The SMILES string of the molecule is O=C(Nc1cccc(Oc2cnccn2)c1)[C@@H]1CCCN1C1=NS(=O)(=O)c2ccccc21. The molecule has 0 spiro atoms. The third kappa shape index (κ3) is 3.80. The summed E-state index contributed by atoms with van der Waals surface area (Å²) in [4.78, 5) is 23.1. The number of nitrogens with zero attached hydrogens (tertiary/aromatic N) is 4. The normalized spacial score (nSPS) is 18.7. The Morgan fingerprint density at radius 3 is 2.84 bits per heavy atom. The summed E-state index contributed by atoms with van der Waals surface area (Å²) in [5.41, 5.74) is 1.09. The van der Waals surface area contributed by atoms with Crippen LogP contribution in [0, 0.1) is 0 Å². The molecule has 2 aliphatic rings. The molecule has 2 aromatic carbocycles. The molecule has 1 N–H and O–H groups in total. The van der Waals surface area contributed by atoms with Gasteiger partial charge in [-0.2, -0.15) is 8.42 Å². The minimum Gasteiger partial charge on any atom is -0.437 e. The van der Waals surface area contributed by atoms with Crippen LogP contribution in [-0.2, 0) is 14.8 Å². The minimum atomic E-state index is -3.75. The van der Waals surface area contributed by atoms with E-state index in [-0.39, 0.29) is 10.8 Å². The van der Waals surface area contributed by atoms with E-state index in [2.05, 4.69) is 19.7 Å². The van der Waals surface area contributed by atoms with Crippen LogP contribution in [0.4, 0.5) is 5.69 Å². The average molecular weight is 449 g/mol. The van der Waals surface area contributed by atoms with Crippen molar-refractivity contribution in [3.8, 4) is 11.6 Å². The van der Waals surface area contributed by atoms with E-state index in [9.17, 15) is 13.2 Å². The van der Waals surface area contributed by atoms with Gasteiger partial charge in [0, 0.05) is 36.3 Å². The van der Waals surface area contributed by atoms with Gasteiger partial charge in [-0.15, -0.1) is 4.40 Å². The average Bonchev–Trinajstić information content (AvgIpc) is 3.38. The van der Waals surface area contributed by atoms with Crippen LogP contribution >= 0.6 is 0 Å². The highest BCUT2D eigenvalue weighted by Crippen LogP contribution is 2.31. The number of aromatic nitrogens is 2. The lowest BCUT2D eigenvalue weighted by molar-refractivity contribution is -0.119. The van der Waals surface area contributed by atoms with E-state index in [1.165, 1.54) is 18.5 Å². The molecule has 32 heavy (non-hydrogen) atoms. The van der Waals surface area contributed by atoms with Crippen LogP contribution in [0.3, 0.4) is 0 Å². The predicted molar refractivity (Wildman–Crippen MR) is 117 cm³/mol. The molecule has 10 heteroatoms. The predicted octanol–water partition coefficient (Wildman–Crippen LogP) is 2.82. The van der Waals surface area contributed by atoms with E-state index in [1.54, 1.807) is 53.6 Å². The first-order valence-corrected chi connectivity index (χ1v) is 11.5. The number of benzene rings is 2. The molecule has 0 radical (unpaired) electrons. The lowest BCUT2D eigenvalue weighted by atomic mass is 10.1. The highest BCUT2D eigenvalue weighted by atomic mass is 32.2. The summed E-state index contributed by atoms with van der Waals surface area (Å²) in [6, 6.07) is 13.1. The van der Waals surface area contributed by atoms with Gasteiger partial charge in [-0.1, -0.05) is 18.2 Å². The summed E-state index contributed by atoms with van der Waals surface area (Å²) in [7, 11) is -3.75. The molecule has 2 aliphatic heterocycles. The Balaban J connectivity index is 1.35. The monoisotopic (exact) mass is 449 g/mol. The molecule has 9 nitrogen and oxygen atoms in total. The number of carbonyl (C=O) groups is 1. The minimum absolute atomic E-state index is 0.176. The van der Waals surface area contributed by atoms with Gasteiger partial charge in [0.1, 0.15) is 16.7 Å². The number of likely N-dealkylation sites (tertiary alicyclic amines) is 1. The molecule has 0 unspecified atom stereocenters. The molecule has 1 aromatic heterocycles. The Hall–Kier alpha value is -3.79. The summed E-state index contributed by atoms with van der Waals surface area (Å²) in [6.07, 6.45) is 5.93. The molecular formula is C22H19N5O4S. The second-order valence-electron chi connectivity index (χ2n) is 7.40. The number of ether oxygens (including phenoxy) is 1. The van der Waals surface area contributed by atoms with Gasteiger partial charge in [0.25, 0.3) is 10.0 Å². The second kappa shape index (κ2) is 8.04. The number of anilines is 1. The van der Waals surface area contributed by atoms with Crippen molar-refractivity contribution in [2.45, 2.75) is 23.8 Å². The fraction of sp³-hybridized carbons (Fsp3) is 0.182. The lowest BCUT2D eigenvalue weighted by Crippen LogP contribution is -2.43. The Labute approximate surface area is 184 Å². The maximum Gasteiger partial charge on any atom is 0.285 e. The molecular weight excluding hydrogens is 430 g/mol. The summed E-state index contributed by atoms with van der Waals surface area (Å²) >= 11 is 0. The Morgan fingerprint density at radius 1 is 1.12 bits per heavy atom. The fourth-order valence-corrected chi connectivity index (χ4v) is 5.13. The molecule has 3 aromatic rings. The van der Waals surface area contributed by atoms with Crippen LogP contribution in [0.25, 0.3) is 0 Å². The van der Waals surface area contributed by atoms with Crippen molar-refractivity contribution >= 4 is 27.5 Å². The van der Waals surface area contributed by atoms with Crippen LogP contribution in [0.5, 0.6) is 11.6 Å².